The summed E-state index contributed by atoms with van der Waals surface area (Å²) >= 11 is 0. The highest BCUT2D eigenvalue weighted by molar-refractivity contribution is 5.80. The summed E-state index contributed by atoms with van der Waals surface area (Å²) in [5.74, 6) is 4.09. The zero-order chi connectivity index (χ0) is 19.9. The molecule has 3 heterocycles. The summed E-state index contributed by atoms with van der Waals surface area (Å²) in [6.45, 7) is 4.19. The van der Waals surface area contributed by atoms with E-state index >= 15 is 0 Å². The van der Waals surface area contributed by atoms with E-state index in [9.17, 15) is 0 Å². The number of rotatable bonds is 6. The number of aryl methyl sites for hydroxylation is 2. The lowest BCUT2D eigenvalue weighted by Crippen LogP contribution is -2.40. The molecule has 4 rings (SSSR count). The van der Waals surface area contributed by atoms with Crippen molar-refractivity contribution in [3.63, 3.8) is 0 Å². The topological polar surface area (TPSA) is 58.3 Å². The maximum atomic E-state index is 4.53. The van der Waals surface area contributed by atoms with Crippen LogP contribution in [0.25, 0.3) is 0 Å². The molecule has 29 heavy (non-hydrogen) atoms. The number of benzene rings is 1. The second-order valence-corrected chi connectivity index (χ2v) is 8.36. The van der Waals surface area contributed by atoms with Crippen LogP contribution in [0.5, 0.6) is 0 Å². The van der Waals surface area contributed by atoms with Gasteiger partial charge in [0.25, 0.3) is 0 Å². The first-order valence-corrected chi connectivity index (χ1v) is 11.2. The largest absolute Gasteiger partial charge is 0.356 e. The molecular formula is C23H34N6. The molecule has 2 aromatic rings. The maximum absolute atomic E-state index is 4.53. The molecule has 0 aliphatic carbocycles. The van der Waals surface area contributed by atoms with Gasteiger partial charge >= 0.3 is 0 Å². The van der Waals surface area contributed by atoms with E-state index in [1.165, 1.54) is 37.1 Å². The summed E-state index contributed by atoms with van der Waals surface area (Å²) in [5, 5.41) is 12.4. The van der Waals surface area contributed by atoms with Gasteiger partial charge in [-0.3, -0.25) is 4.99 Å². The summed E-state index contributed by atoms with van der Waals surface area (Å²) in [6, 6.07) is 10.8. The van der Waals surface area contributed by atoms with Gasteiger partial charge in [0.1, 0.15) is 11.6 Å². The first kappa shape index (κ1) is 19.9. The van der Waals surface area contributed by atoms with Crippen LogP contribution in [-0.2, 0) is 25.8 Å². The highest BCUT2D eigenvalue weighted by Crippen LogP contribution is 2.21. The highest BCUT2D eigenvalue weighted by atomic mass is 15.3. The van der Waals surface area contributed by atoms with Gasteiger partial charge in [0, 0.05) is 46.1 Å². The van der Waals surface area contributed by atoms with Crippen molar-refractivity contribution in [3.8, 4) is 0 Å². The fraction of sp³-hybridized carbons (Fsp3) is 0.609. The Morgan fingerprint density at radius 2 is 2.03 bits per heavy atom. The van der Waals surface area contributed by atoms with Crippen LogP contribution in [0.15, 0.2) is 35.3 Å². The van der Waals surface area contributed by atoms with Crippen LogP contribution in [0, 0.1) is 5.92 Å². The van der Waals surface area contributed by atoms with Crippen LogP contribution in [-0.4, -0.2) is 52.3 Å². The number of likely N-dealkylation sites (tertiary alicyclic amines) is 1. The molecule has 6 nitrogen and oxygen atoms in total. The lowest BCUT2D eigenvalue weighted by atomic mass is 9.99. The molecule has 0 bridgehead atoms. The number of nitrogens with zero attached hydrogens (tertiary/aromatic N) is 5. The molecule has 0 spiro atoms. The first-order valence-electron chi connectivity index (χ1n) is 11.2. The van der Waals surface area contributed by atoms with Gasteiger partial charge in [-0.2, -0.15) is 0 Å². The average molecular weight is 395 g/mol. The third-order valence-electron chi connectivity index (χ3n) is 6.21. The Morgan fingerprint density at radius 1 is 1.14 bits per heavy atom. The van der Waals surface area contributed by atoms with Crippen LogP contribution >= 0.6 is 0 Å². The van der Waals surface area contributed by atoms with Gasteiger partial charge in [0.15, 0.2) is 5.96 Å². The minimum atomic E-state index is 0.711. The molecule has 0 saturated carbocycles. The number of nitrogens with one attached hydrogen (secondary N) is 1. The first-order chi connectivity index (χ1) is 14.3. The molecule has 0 amide bonds. The van der Waals surface area contributed by atoms with Crippen LogP contribution in [0.3, 0.4) is 0 Å². The summed E-state index contributed by atoms with van der Waals surface area (Å²) in [4.78, 5) is 6.94. The van der Waals surface area contributed by atoms with E-state index in [0.717, 1.165) is 63.6 Å². The Balaban J connectivity index is 1.22. The van der Waals surface area contributed by atoms with E-state index in [-0.39, 0.29) is 0 Å². The highest BCUT2D eigenvalue weighted by Gasteiger charge is 2.24. The summed E-state index contributed by atoms with van der Waals surface area (Å²) in [7, 11) is 1.89. The minimum absolute atomic E-state index is 0.711. The Morgan fingerprint density at radius 3 is 2.90 bits per heavy atom. The Hall–Kier alpha value is -2.37. The molecule has 1 fully saturated rings. The second kappa shape index (κ2) is 9.90. The Kier molecular flexibility index (Phi) is 6.80. The summed E-state index contributed by atoms with van der Waals surface area (Å²) < 4.78 is 2.36. The molecule has 0 radical (unpaired) electrons. The zero-order valence-corrected chi connectivity index (χ0v) is 17.7. The molecule has 2 aliphatic heterocycles. The molecule has 156 valence electrons. The monoisotopic (exact) mass is 394 g/mol. The van der Waals surface area contributed by atoms with Crippen molar-refractivity contribution in [1.29, 1.82) is 0 Å². The predicted molar refractivity (Wildman–Crippen MR) is 117 cm³/mol. The number of fused-ring (bicyclic) bond motifs is 1. The van der Waals surface area contributed by atoms with Crippen molar-refractivity contribution in [2.24, 2.45) is 10.9 Å². The van der Waals surface area contributed by atoms with E-state index in [1.54, 1.807) is 0 Å². The molecule has 2 aliphatic rings. The second-order valence-electron chi connectivity index (χ2n) is 8.36. The standard InChI is InChI=1S/C23H34N6/c1-24-23(28-16-13-20(18-28)17-19-9-4-2-5-10-19)25-14-8-12-22-27-26-21-11-6-3-7-15-29(21)22/h2,4-5,9-10,20H,3,6-8,11-18H2,1H3,(H,24,25). The van der Waals surface area contributed by atoms with E-state index in [0.29, 0.717) is 5.92 Å². The van der Waals surface area contributed by atoms with Crippen molar-refractivity contribution in [3.05, 3.63) is 47.5 Å². The van der Waals surface area contributed by atoms with Gasteiger partial charge < -0.3 is 14.8 Å². The van der Waals surface area contributed by atoms with Crippen molar-refractivity contribution in [2.75, 3.05) is 26.7 Å². The molecule has 6 heteroatoms. The van der Waals surface area contributed by atoms with Gasteiger partial charge in [-0.05, 0) is 43.6 Å². The molecule has 1 aromatic carbocycles. The van der Waals surface area contributed by atoms with E-state index in [4.69, 9.17) is 0 Å². The summed E-state index contributed by atoms with van der Waals surface area (Å²) in [6.07, 6.45) is 9.32. The molecular weight excluding hydrogens is 360 g/mol. The van der Waals surface area contributed by atoms with Crippen molar-refractivity contribution in [2.45, 2.75) is 57.9 Å². The third-order valence-corrected chi connectivity index (χ3v) is 6.21. The maximum Gasteiger partial charge on any atom is 0.193 e. The van der Waals surface area contributed by atoms with Gasteiger partial charge in [-0.25, -0.2) is 0 Å². The van der Waals surface area contributed by atoms with Gasteiger partial charge in [-0.1, -0.05) is 36.8 Å². The zero-order valence-electron chi connectivity index (χ0n) is 17.7. The lowest BCUT2D eigenvalue weighted by Gasteiger charge is -2.21. The number of hydrogen-bond donors (Lipinski definition) is 1. The minimum Gasteiger partial charge on any atom is -0.356 e. The quantitative estimate of drug-likeness (QED) is 0.465. The van der Waals surface area contributed by atoms with Crippen molar-refractivity contribution < 1.29 is 0 Å². The number of aromatic nitrogens is 3. The third kappa shape index (κ3) is 5.17. The van der Waals surface area contributed by atoms with Crippen molar-refractivity contribution in [1.82, 2.24) is 25.0 Å². The Labute approximate surface area is 174 Å². The van der Waals surface area contributed by atoms with Crippen LogP contribution in [0.1, 0.15) is 49.3 Å². The molecule has 1 unspecified atom stereocenters. The SMILES string of the molecule is CN=C(NCCCc1nnc2n1CCCCC2)N1CCC(Cc2ccccc2)C1. The molecule has 1 N–H and O–H groups in total. The fourth-order valence-electron chi connectivity index (χ4n) is 4.65. The number of hydrogen-bond acceptors (Lipinski definition) is 3. The number of guanidine groups is 1. The van der Waals surface area contributed by atoms with Gasteiger partial charge in [0.2, 0.25) is 0 Å². The molecule has 1 atom stereocenters. The number of aliphatic imine (C=N–C) groups is 1. The van der Waals surface area contributed by atoms with E-state index in [2.05, 4.69) is 60.3 Å². The normalized spacial score (nSPS) is 19.8. The van der Waals surface area contributed by atoms with Crippen LogP contribution < -0.4 is 5.32 Å². The van der Waals surface area contributed by atoms with Crippen LogP contribution in [0.4, 0.5) is 0 Å². The van der Waals surface area contributed by atoms with Crippen LogP contribution in [0.2, 0.25) is 0 Å². The fourth-order valence-corrected chi connectivity index (χ4v) is 4.65. The molecule has 1 saturated heterocycles. The van der Waals surface area contributed by atoms with Crippen molar-refractivity contribution >= 4 is 5.96 Å². The van der Waals surface area contributed by atoms with E-state index < -0.39 is 0 Å². The molecule has 1 aromatic heterocycles. The summed E-state index contributed by atoms with van der Waals surface area (Å²) in [5.41, 5.74) is 1.44. The smallest absolute Gasteiger partial charge is 0.193 e. The lowest BCUT2D eigenvalue weighted by molar-refractivity contribution is 0.459. The Bertz CT molecular complexity index is 797. The van der Waals surface area contributed by atoms with E-state index in [1.807, 2.05) is 7.05 Å². The van der Waals surface area contributed by atoms with Gasteiger partial charge in [0.05, 0.1) is 0 Å². The predicted octanol–water partition coefficient (Wildman–Crippen LogP) is 3.08. The van der Waals surface area contributed by atoms with Gasteiger partial charge in [-0.15, -0.1) is 10.2 Å². The average Bonchev–Trinajstić information content (AvgIpc) is 3.29.